The van der Waals surface area contributed by atoms with Crippen LogP contribution in [0.5, 0.6) is 5.75 Å². The molecule has 0 radical (unpaired) electrons. The van der Waals surface area contributed by atoms with E-state index in [1.165, 1.54) is 0 Å². The first-order valence-corrected chi connectivity index (χ1v) is 4.14. The van der Waals surface area contributed by atoms with Crippen LogP contribution < -0.4 is 10.1 Å². The van der Waals surface area contributed by atoms with E-state index in [4.69, 9.17) is 16.3 Å². The van der Waals surface area contributed by atoms with Gasteiger partial charge in [0.05, 0.1) is 10.7 Å². The number of hydrogen-bond acceptors (Lipinski definition) is 3. The van der Waals surface area contributed by atoms with Crippen molar-refractivity contribution in [1.29, 1.82) is 0 Å². The summed E-state index contributed by atoms with van der Waals surface area (Å²) in [5.74, 6) is 0.773. The van der Waals surface area contributed by atoms with Gasteiger partial charge in [-0.3, -0.25) is 4.79 Å². The maximum absolute atomic E-state index is 10.9. The number of halogens is 1. The van der Waals surface area contributed by atoms with Gasteiger partial charge in [-0.1, -0.05) is 11.6 Å². The van der Waals surface area contributed by atoms with Gasteiger partial charge in [0.25, 0.3) is 5.91 Å². The molecule has 0 saturated carbocycles. The van der Waals surface area contributed by atoms with Crippen molar-refractivity contribution in [2.75, 3.05) is 11.9 Å². The molecule has 1 aliphatic heterocycles. The molecule has 0 saturated heterocycles. The van der Waals surface area contributed by atoms with Gasteiger partial charge in [0, 0.05) is 6.07 Å². The number of hydrogen-bond donors (Lipinski definition) is 1. The van der Waals surface area contributed by atoms with Gasteiger partial charge in [-0.2, -0.15) is 0 Å². The minimum Gasteiger partial charge on any atom is -0.480 e. The second-order valence-corrected chi connectivity index (χ2v) is 3.15. The lowest BCUT2D eigenvalue weighted by molar-refractivity contribution is -0.118. The molecule has 2 heterocycles. The second kappa shape index (κ2) is 2.88. The first kappa shape index (κ1) is 8.31. The second-order valence-electron chi connectivity index (χ2n) is 2.74. The van der Waals surface area contributed by atoms with Crippen LogP contribution in [0.15, 0.2) is 6.07 Å². The van der Waals surface area contributed by atoms with Crippen LogP contribution in [0.2, 0.25) is 5.02 Å². The minimum atomic E-state index is -0.193. The predicted molar refractivity (Wildman–Crippen MR) is 48.1 cm³/mol. The lowest BCUT2D eigenvalue weighted by Gasteiger charge is -2.17. The molecule has 1 amide bonds. The quantitative estimate of drug-likeness (QED) is 0.685. The van der Waals surface area contributed by atoms with E-state index in [0.717, 1.165) is 0 Å². The normalized spacial score (nSPS) is 14.5. The molecule has 2 rings (SSSR count). The number of fused-ring (bicyclic) bond motifs is 1. The van der Waals surface area contributed by atoms with Crippen molar-refractivity contribution >= 4 is 23.3 Å². The van der Waals surface area contributed by atoms with Crippen LogP contribution in [0.4, 0.5) is 5.82 Å². The summed E-state index contributed by atoms with van der Waals surface area (Å²) in [6.45, 7) is 1.79. The van der Waals surface area contributed by atoms with Crippen molar-refractivity contribution in [2.24, 2.45) is 0 Å². The standard InChI is InChI=1S/C8H7ClN2O2/c1-4-5(9)2-6-8(10-4)11-7(12)3-13-6/h2H,3H2,1H3,(H,10,11,12). The monoisotopic (exact) mass is 198 g/mol. The van der Waals surface area contributed by atoms with E-state index < -0.39 is 0 Å². The SMILES string of the molecule is Cc1nc2c(cc1Cl)OCC(=O)N2. The van der Waals surface area contributed by atoms with E-state index in [9.17, 15) is 4.79 Å². The third kappa shape index (κ3) is 1.45. The molecule has 68 valence electrons. The Balaban J connectivity index is 2.49. The van der Waals surface area contributed by atoms with Crippen LogP contribution in [0.3, 0.4) is 0 Å². The average molecular weight is 199 g/mol. The van der Waals surface area contributed by atoms with Crippen molar-refractivity contribution in [3.63, 3.8) is 0 Å². The zero-order valence-corrected chi connectivity index (χ0v) is 7.68. The minimum absolute atomic E-state index is 0.0219. The Morgan fingerprint density at radius 3 is 3.23 bits per heavy atom. The zero-order valence-electron chi connectivity index (χ0n) is 6.93. The van der Waals surface area contributed by atoms with Gasteiger partial charge in [0.1, 0.15) is 0 Å². The molecular formula is C8H7ClN2O2. The van der Waals surface area contributed by atoms with E-state index in [1.54, 1.807) is 13.0 Å². The third-order valence-corrected chi connectivity index (χ3v) is 2.12. The lowest BCUT2D eigenvalue weighted by atomic mass is 10.3. The number of nitrogens with zero attached hydrogens (tertiary/aromatic N) is 1. The number of pyridine rings is 1. The molecule has 0 fully saturated rings. The van der Waals surface area contributed by atoms with Gasteiger partial charge in [0.15, 0.2) is 18.2 Å². The summed E-state index contributed by atoms with van der Waals surface area (Å²) >= 11 is 5.83. The van der Waals surface area contributed by atoms with Gasteiger partial charge in [-0.05, 0) is 6.92 Å². The molecule has 0 aliphatic carbocycles. The number of aryl methyl sites for hydroxylation is 1. The summed E-state index contributed by atoms with van der Waals surface area (Å²) in [5.41, 5.74) is 0.672. The third-order valence-electron chi connectivity index (χ3n) is 1.73. The first-order valence-electron chi connectivity index (χ1n) is 3.76. The van der Waals surface area contributed by atoms with Crippen LogP contribution >= 0.6 is 11.6 Å². The molecule has 1 aliphatic rings. The number of ether oxygens (including phenoxy) is 1. The number of anilines is 1. The Bertz CT molecular complexity index is 379. The van der Waals surface area contributed by atoms with Gasteiger partial charge in [-0.25, -0.2) is 4.98 Å². The zero-order chi connectivity index (χ0) is 9.42. The van der Waals surface area contributed by atoms with E-state index >= 15 is 0 Å². The highest BCUT2D eigenvalue weighted by Crippen LogP contribution is 2.29. The van der Waals surface area contributed by atoms with E-state index in [2.05, 4.69) is 10.3 Å². The average Bonchev–Trinajstić information content (AvgIpc) is 2.08. The number of carbonyl (C=O) groups is 1. The van der Waals surface area contributed by atoms with Crippen molar-refractivity contribution in [1.82, 2.24) is 4.98 Å². The molecule has 0 aromatic carbocycles. The van der Waals surface area contributed by atoms with Crippen molar-refractivity contribution in [3.05, 3.63) is 16.8 Å². The Kier molecular flexibility index (Phi) is 1.84. The van der Waals surface area contributed by atoms with Crippen molar-refractivity contribution in [2.45, 2.75) is 6.92 Å². The largest absolute Gasteiger partial charge is 0.480 e. The predicted octanol–water partition coefficient (Wildman–Crippen LogP) is 1.37. The Labute approximate surface area is 79.9 Å². The summed E-state index contributed by atoms with van der Waals surface area (Å²) in [6.07, 6.45) is 0. The van der Waals surface area contributed by atoms with Gasteiger partial charge in [0.2, 0.25) is 0 Å². The van der Waals surface area contributed by atoms with Crippen LogP contribution in [-0.2, 0) is 4.79 Å². The summed E-state index contributed by atoms with van der Waals surface area (Å²) < 4.78 is 5.11. The molecule has 13 heavy (non-hydrogen) atoms. The van der Waals surface area contributed by atoms with E-state index in [-0.39, 0.29) is 12.5 Å². The maximum Gasteiger partial charge on any atom is 0.263 e. The van der Waals surface area contributed by atoms with Crippen LogP contribution in [-0.4, -0.2) is 17.5 Å². The molecule has 1 aromatic rings. The molecule has 0 spiro atoms. The Morgan fingerprint density at radius 1 is 1.69 bits per heavy atom. The lowest BCUT2D eigenvalue weighted by Crippen LogP contribution is -2.26. The summed E-state index contributed by atoms with van der Waals surface area (Å²) in [5, 5.41) is 3.13. The van der Waals surface area contributed by atoms with E-state index in [1.807, 2.05) is 0 Å². The maximum atomic E-state index is 10.9. The molecule has 1 aromatic heterocycles. The van der Waals surface area contributed by atoms with Crippen LogP contribution in [0.25, 0.3) is 0 Å². The highest BCUT2D eigenvalue weighted by Gasteiger charge is 2.18. The number of aromatic nitrogens is 1. The highest BCUT2D eigenvalue weighted by atomic mass is 35.5. The van der Waals surface area contributed by atoms with Crippen LogP contribution in [0.1, 0.15) is 5.69 Å². The fraction of sp³-hybridized carbons (Fsp3) is 0.250. The smallest absolute Gasteiger partial charge is 0.263 e. The molecule has 4 nitrogen and oxygen atoms in total. The van der Waals surface area contributed by atoms with Crippen LogP contribution in [0, 0.1) is 6.92 Å². The fourth-order valence-corrected chi connectivity index (χ4v) is 1.22. The Morgan fingerprint density at radius 2 is 2.46 bits per heavy atom. The topological polar surface area (TPSA) is 51.2 Å². The molecule has 1 N–H and O–H groups in total. The number of amides is 1. The van der Waals surface area contributed by atoms with Gasteiger partial charge >= 0.3 is 0 Å². The molecule has 0 unspecified atom stereocenters. The fourth-order valence-electron chi connectivity index (χ4n) is 1.08. The first-order chi connectivity index (χ1) is 6.16. The summed E-state index contributed by atoms with van der Waals surface area (Å²) in [4.78, 5) is 15.0. The number of carbonyl (C=O) groups excluding carboxylic acids is 1. The summed E-state index contributed by atoms with van der Waals surface area (Å²) in [6, 6.07) is 1.65. The van der Waals surface area contributed by atoms with E-state index in [0.29, 0.717) is 22.3 Å². The molecular weight excluding hydrogens is 192 g/mol. The highest BCUT2D eigenvalue weighted by molar-refractivity contribution is 6.31. The molecule has 0 atom stereocenters. The van der Waals surface area contributed by atoms with Crippen molar-refractivity contribution in [3.8, 4) is 5.75 Å². The van der Waals surface area contributed by atoms with Crippen molar-refractivity contribution < 1.29 is 9.53 Å². The Hall–Kier alpha value is -1.29. The number of rotatable bonds is 0. The number of nitrogens with one attached hydrogen (secondary N) is 1. The summed E-state index contributed by atoms with van der Waals surface area (Å²) in [7, 11) is 0. The molecule has 0 bridgehead atoms. The van der Waals surface area contributed by atoms with Gasteiger partial charge in [-0.15, -0.1) is 0 Å². The molecule has 5 heteroatoms. The van der Waals surface area contributed by atoms with Gasteiger partial charge < -0.3 is 10.1 Å².